The number of carbonyl (C=O) groups excluding carboxylic acids is 1. The predicted octanol–water partition coefficient (Wildman–Crippen LogP) is 3.68. The van der Waals surface area contributed by atoms with Gasteiger partial charge in [0.15, 0.2) is 0 Å². The van der Waals surface area contributed by atoms with E-state index in [0.29, 0.717) is 28.8 Å². The third-order valence-corrected chi connectivity index (χ3v) is 3.19. The SMILES string of the molecule is COc1cc(NC(=O)NCc2cccc(Cl)c2)cc(OC)c1. The number of hydrogen-bond donors (Lipinski definition) is 2. The number of carbonyl (C=O) groups is 1. The number of methoxy groups -OCH3 is 2. The Morgan fingerprint density at radius 3 is 2.36 bits per heavy atom. The summed E-state index contributed by atoms with van der Waals surface area (Å²) in [6, 6.07) is 12.1. The van der Waals surface area contributed by atoms with E-state index >= 15 is 0 Å². The summed E-state index contributed by atoms with van der Waals surface area (Å²) < 4.78 is 10.3. The number of hydrogen-bond acceptors (Lipinski definition) is 3. The van der Waals surface area contributed by atoms with Gasteiger partial charge in [-0.25, -0.2) is 4.79 Å². The largest absolute Gasteiger partial charge is 0.497 e. The zero-order chi connectivity index (χ0) is 15.9. The van der Waals surface area contributed by atoms with Gasteiger partial charge in [0.2, 0.25) is 0 Å². The second kappa shape index (κ2) is 7.56. The Balaban J connectivity index is 1.97. The summed E-state index contributed by atoms with van der Waals surface area (Å²) in [6.45, 7) is 0.382. The smallest absolute Gasteiger partial charge is 0.319 e. The Bertz CT molecular complexity index is 639. The van der Waals surface area contributed by atoms with E-state index in [9.17, 15) is 4.79 Å². The fraction of sp³-hybridized carbons (Fsp3) is 0.188. The Kier molecular flexibility index (Phi) is 5.49. The first-order valence-corrected chi connectivity index (χ1v) is 7.01. The first-order valence-electron chi connectivity index (χ1n) is 6.63. The summed E-state index contributed by atoms with van der Waals surface area (Å²) in [5, 5.41) is 6.13. The molecule has 0 saturated heterocycles. The third kappa shape index (κ3) is 4.56. The van der Waals surface area contributed by atoms with E-state index in [1.807, 2.05) is 12.1 Å². The molecule has 0 atom stereocenters. The molecular weight excluding hydrogens is 304 g/mol. The average Bonchev–Trinajstić information content (AvgIpc) is 2.52. The second-order valence-electron chi connectivity index (χ2n) is 4.54. The zero-order valence-corrected chi connectivity index (χ0v) is 13.1. The standard InChI is InChI=1S/C16H17ClN2O3/c1-21-14-7-13(8-15(9-14)22-2)19-16(20)18-10-11-4-3-5-12(17)6-11/h3-9H,10H2,1-2H3,(H2,18,19,20). The van der Waals surface area contributed by atoms with E-state index in [1.54, 1.807) is 44.6 Å². The Hall–Kier alpha value is -2.40. The quantitative estimate of drug-likeness (QED) is 0.883. The van der Waals surface area contributed by atoms with E-state index in [4.69, 9.17) is 21.1 Å². The lowest BCUT2D eigenvalue weighted by Crippen LogP contribution is -2.28. The van der Waals surface area contributed by atoms with Gasteiger partial charge in [0.05, 0.1) is 14.2 Å². The highest BCUT2D eigenvalue weighted by atomic mass is 35.5. The number of nitrogens with one attached hydrogen (secondary N) is 2. The molecule has 0 heterocycles. The van der Waals surface area contributed by atoms with Gasteiger partial charge in [0, 0.05) is 35.5 Å². The van der Waals surface area contributed by atoms with Gasteiger partial charge in [0.25, 0.3) is 0 Å². The summed E-state index contributed by atoms with van der Waals surface area (Å²) in [4.78, 5) is 11.9. The number of rotatable bonds is 5. The van der Waals surface area contributed by atoms with Gasteiger partial charge in [-0.2, -0.15) is 0 Å². The van der Waals surface area contributed by atoms with E-state index in [0.717, 1.165) is 5.56 Å². The van der Waals surface area contributed by atoms with Gasteiger partial charge in [-0.15, -0.1) is 0 Å². The molecule has 0 aliphatic carbocycles. The molecule has 2 rings (SSSR count). The van der Waals surface area contributed by atoms with Gasteiger partial charge in [-0.3, -0.25) is 0 Å². The van der Waals surface area contributed by atoms with Crippen molar-refractivity contribution in [1.29, 1.82) is 0 Å². The van der Waals surface area contributed by atoms with Crippen molar-refractivity contribution in [1.82, 2.24) is 5.32 Å². The summed E-state index contributed by atoms with van der Waals surface area (Å²) in [5.74, 6) is 1.20. The Labute approximate surface area is 134 Å². The van der Waals surface area contributed by atoms with Crippen molar-refractivity contribution in [3.8, 4) is 11.5 Å². The average molecular weight is 321 g/mol. The van der Waals surface area contributed by atoms with Crippen LogP contribution in [0.3, 0.4) is 0 Å². The molecule has 2 aromatic carbocycles. The number of halogens is 1. The molecule has 0 aliphatic heterocycles. The van der Waals surface area contributed by atoms with Gasteiger partial charge in [-0.1, -0.05) is 23.7 Å². The van der Waals surface area contributed by atoms with Crippen molar-refractivity contribution in [2.24, 2.45) is 0 Å². The van der Waals surface area contributed by atoms with Gasteiger partial charge in [0.1, 0.15) is 11.5 Å². The minimum atomic E-state index is -0.324. The highest BCUT2D eigenvalue weighted by Crippen LogP contribution is 2.25. The maximum Gasteiger partial charge on any atom is 0.319 e. The maximum absolute atomic E-state index is 11.9. The summed E-state index contributed by atoms with van der Waals surface area (Å²) in [7, 11) is 3.11. The van der Waals surface area contributed by atoms with Crippen LogP contribution in [-0.2, 0) is 6.54 Å². The van der Waals surface area contributed by atoms with Crippen molar-refractivity contribution >= 4 is 23.3 Å². The molecule has 0 bridgehead atoms. The molecule has 2 aromatic rings. The predicted molar refractivity (Wildman–Crippen MR) is 86.9 cm³/mol. The normalized spacial score (nSPS) is 9.95. The first-order chi connectivity index (χ1) is 10.6. The summed E-state index contributed by atoms with van der Waals surface area (Å²) in [5.41, 5.74) is 1.51. The minimum absolute atomic E-state index is 0.324. The molecule has 0 aliphatic rings. The van der Waals surface area contributed by atoms with Crippen molar-refractivity contribution in [2.45, 2.75) is 6.54 Å². The van der Waals surface area contributed by atoms with Crippen LogP contribution in [0, 0.1) is 0 Å². The molecule has 5 nitrogen and oxygen atoms in total. The highest BCUT2D eigenvalue weighted by Gasteiger charge is 2.06. The Morgan fingerprint density at radius 1 is 1.09 bits per heavy atom. The van der Waals surface area contributed by atoms with Crippen molar-refractivity contribution in [3.63, 3.8) is 0 Å². The first kappa shape index (κ1) is 16.0. The second-order valence-corrected chi connectivity index (χ2v) is 4.98. The number of ether oxygens (including phenoxy) is 2. The van der Waals surface area contributed by atoms with Crippen LogP contribution in [0.15, 0.2) is 42.5 Å². The maximum atomic E-state index is 11.9. The molecule has 22 heavy (non-hydrogen) atoms. The van der Waals surface area contributed by atoms with E-state index in [-0.39, 0.29) is 6.03 Å². The molecule has 0 radical (unpaired) electrons. The van der Waals surface area contributed by atoms with Gasteiger partial charge in [-0.05, 0) is 17.7 Å². The zero-order valence-electron chi connectivity index (χ0n) is 12.4. The van der Waals surface area contributed by atoms with Crippen LogP contribution in [-0.4, -0.2) is 20.3 Å². The fourth-order valence-corrected chi connectivity index (χ4v) is 2.10. The van der Waals surface area contributed by atoms with Crippen LogP contribution < -0.4 is 20.1 Å². The molecule has 0 spiro atoms. The fourth-order valence-electron chi connectivity index (χ4n) is 1.88. The van der Waals surface area contributed by atoms with Crippen LogP contribution in [0.5, 0.6) is 11.5 Å². The van der Waals surface area contributed by atoms with Crippen LogP contribution >= 0.6 is 11.6 Å². The molecule has 6 heteroatoms. The van der Waals surface area contributed by atoms with Crippen LogP contribution in [0.2, 0.25) is 5.02 Å². The molecule has 0 fully saturated rings. The summed E-state index contributed by atoms with van der Waals surface area (Å²) >= 11 is 5.90. The lowest BCUT2D eigenvalue weighted by atomic mass is 10.2. The number of urea groups is 1. The van der Waals surface area contributed by atoms with Crippen molar-refractivity contribution < 1.29 is 14.3 Å². The Morgan fingerprint density at radius 2 is 1.77 bits per heavy atom. The van der Waals surface area contributed by atoms with Gasteiger partial charge >= 0.3 is 6.03 Å². The summed E-state index contributed by atoms with van der Waals surface area (Å²) in [6.07, 6.45) is 0. The monoisotopic (exact) mass is 320 g/mol. The molecule has 0 saturated carbocycles. The van der Waals surface area contributed by atoms with Gasteiger partial charge < -0.3 is 20.1 Å². The van der Waals surface area contributed by atoms with Crippen LogP contribution in [0.1, 0.15) is 5.56 Å². The third-order valence-electron chi connectivity index (χ3n) is 2.95. The molecule has 116 valence electrons. The van der Waals surface area contributed by atoms with Crippen LogP contribution in [0.4, 0.5) is 10.5 Å². The number of anilines is 1. The number of benzene rings is 2. The molecular formula is C16H17ClN2O3. The number of amides is 2. The minimum Gasteiger partial charge on any atom is -0.497 e. The molecule has 0 unspecified atom stereocenters. The van der Waals surface area contributed by atoms with E-state index < -0.39 is 0 Å². The van der Waals surface area contributed by atoms with E-state index in [1.165, 1.54) is 0 Å². The molecule has 0 aromatic heterocycles. The van der Waals surface area contributed by atoms with Crippen LogP contribution in [0.25, 0.3) is 0 Å². The lowest BCUT2D eigenvalue weighted by molar-refractivity contribution is 0.251. The lowest BCUT2D eigenvalue weighted by Gasteiger charge is -2.11. The highest BCUT2D eigenvalue weighted by molar-refractivity contribution is 6.30. The van der Waals surface area contributed by atoms with Crippen molar-refractivity contribution in [3.05, 3.63) is 53.1 Å². The topological polar surface area (TPSA) is 59.6 Å². The molecule has 2 amide bonds. The van der Waals surface area contributed by atoms with Crippen molar-refractivity contribution in [2.75, 3.05) is 19.5 Å². The van der Waals surface area contributed by atoms with E-state index in [2.05, 4.69) is 10.6 Å². The molecule has 2 N–H and O–H groups in total.